The fraction of sp³-hybridized carbons (Fsp3) is 0.462. The Bertz CT molecular complexity index is 934. The number of hydrogen-bond acceptors (Lipinski definition) is 4. The van der Waals surface area contributed by atoms with Crippen molar-refractivity contribution in [3.63, 3.8) is 0 Å². The molecule has 1 saturated carbocycles. The van der Waals surface area contributed by atoms with Crippen LogP contribution in [0.25, 0.3) is 0 Å². The van der Waals surface area contributed by atoms with E-state index in [0.29, 0.717) is 18.9 Å². The van der Waals surface area contributed by atoms with Gasteiger partial charge < -0.3 is 16.0 Å². The number of fused-ring (bicyclic) bond motifs is 1. The Balaban J connectivity index is 1.41. The molecular weight excluding hydrogens is 418 g/mol. The van der Waals surface area contributed by atoms with Crippen molar-refractivity contribution in [3.05, 3.63) is 64.4 Å². The fourth-order valence-electron chi connectivity index (χ4n) is 4.85. The molecule has 0 saturated heterocycles. The first-order chi connectivity index (χ1) is 15.6. The van der Waals surface area contributed by atoms with Gasteiger partial charge in [0.15, 0.2) is 0 Å². The molecule has 32 heavy (non-hydrogen) atoms. The number of carbonyl (C=O) groups is 2. The van der Waals surface area contributed by atoms with E-state index in [-0.39, 0.29) is 17.9 Å². The maximum absolute atomic E-state index is 12.9. The largest absolute Gasteiger partial charge is 0.349 e. The second kappa shape index (κ2) is 10.9. The first kappa shape index (κ1) is 22.7. The summed E-state index contributed by atoms with van der Waals surface area (Å²) < 4.78 is 0. The Morgan fingerprint density at radius 3 is 2.75 bits per heavy atom. The average molecular weight is 452 g/mol. The van der Waals surface area contributed by atoms with Gasteiger partial charge in [0.2, 0.25) is 5.91 Å². The Morgan fingerprint density at radius 1 is 1.16 bits per heavy atom. The Kier molecular flexibility index (Phi) is 7.76. The predicted octanol–water partition coefficient (Wildman–Crippen LogP) is 4.22. The van der Waals surface area contributed by atoms with E-state index >= 15 is 0 Å². The summed E-state index contributed by atoms with van der Waals surface area (Å²) in [5, 5.41) is 5.12. The second-order valence-electron chi connectivity index (χ2n) is 8.97. The quantitative estimate of drug-likeness (QED) is 0.590. The number of hydrogen-bond donors (Lipinski definition) is 2. The third-order valence-corrected chi connectivity index (χ3v) is 7.50. The van der Waals surface area contributed by atoms with Crippen molar-refractivity contribution in [2.24, 2.45) is 11.7 Å². The third-order valence-electron chi connectivity index (χ3n) is 6.60. The summed E-state index contributed by atoms with van der Waals surface area (Å²) in [6, 6.07) is 11.3. The van der Waals surface area contributed by atoms with E-state index in [1.165, 1.54) is 37.7 Å². The lowest BCUT2D eigenvalue weighted by Crippen LogP contribution is -2.46. The number of para-hydroxylation sites is 1. The summed E-state index contributed by atoms with van der Waals surface area (Å²) in [4.78, 5) is 28.7. The summed E-state index contributed by atoms with van der Waals surface area (Å²) in [5.74, 6) is 0.401. The maximum atomic E-state index is 12.9. The number of nitrogens with one attached hydrogen (secondary N) is 1. The molecule has 2 aromatic rings. The lowest BCUT2D eigenvalue weighted by Gasteiger charge is -2.26. The molecule has 2 atom stereocenters. The highest BCUT2D eigenvalue weighted by molar-refractivity contribution is 7.09. The van der Waals surface area contributed by atoms with Gasteiger partial charge in [-0.2, -0.15) is 0 Å². The van der Waals surface area contributed by atoms with Gasteiger partial charge in [-0.15, -0.1) is 11.3 Å². The van der Waals surface area contributed by atoms with Crippen LogP contribution in [0.3, 0.4) is 0 Å². The van der Waals surface area contributed by atoms with Crippen LogP contribution in [0.15, 0.2) is 53.9 Å². The van der Waals surface area contributed by atoms with Gasteiger partial charge in [-0.05, 0) is 41.8 Å². The average Bonchev–Trinajstić information content (AvgIpc) is 3.47. The van der Waals surface area contributed by atoms with Crippen molar-refractivity contribution in [2.45, 2.75) is 63.5 Å². The number of rotatable bonds is 8. The summed E-state index contributed by atoms with van der Waals surface area (Å²) in [6.07, 6.45) is 12.0. The molecule has 2 heterocycles. The maximum Gasteiger partial charge on any atom is 0.250 e. The standard InChI is InChI=1S/C26H33N3O2S/c27-23(18-22-10-6-16-32-22)26(31)28-21(17-19-7-2-1-3-8-19)12-13-25(30)29-15-14-20-9-4-5-11-24(20)29/h4-6,9-13,16,19,21,23H,1-3,7-8,14-15,17-18,27H2,(H,28,31). The van der Waals surface area contributed by atoms with E-state index in [4.69, 9.17) is 5.73 Å². The van der Waals surface area contributed by atoms with Crippen LogP contribution in [0.1, 0.15) is 49.0 Å². The van der Waals surface area contributed by atoms with Crippen LogP contribution in [0.2, 0.25) is 0 Å². The van der Waals surface area contributed by atoms with Gasteiger partial charge in [-0.3, -0.25) is 9.59 Å². The minimum absolute atomic E-state index is 0.0271. The van der Waals surface area contributed by atoms with Gasteiger partial charge >= 0.3 is 0 Å². The van der Waals surface area contributed by atoms with Gasteiger partial charge in [0.1, 0.15) is 0 Å². The molecule has 1 aliphatic carbocycles. The van der Waals surface area contributed by atoms with E-state index in [2.05, 4.69) is 11.4 Å². The van der Waals surface area contributed by atoms with Crippen molar-refractivity contribution in [2.75, 3.05) is 11.4 Å². The van der Waals surface area contributed by atoms with E-state index in [9.17, 15) is 9.59 Å². The zero-order valence-corrected chi connectivity index (χ0v) is 19.4. The van der Waals surface area contributed by atoms with Crippen molar-refractivity contribution in [1.29, 1.82) is 0 Å². The second-order valence-corrected chi connectivity index (χ2v) is 10.0. The van der Waals surface area contributed by atoms with Gasteiger partial charge in [0.05, 0.1) is 6.04 Å². The number of benzene rings is 1. The van der Waals surface area contributed by atoms with Crippen molar-refractivity contribution in [1.82, 2.24) is 5.32 Å². The van der Waals surface area contributed by atoms with Gasteiger partial charge in [0, 0.05) is 35.6 Å². The normalized spacial score (nSPS) is 18.5. The highest BCUT2D eigenvalue weighted by Gasteiger charge is 2.25. The molecule has 3 N–H and O–H groups in total. The van der Waals surface area contributed by atoms with Crippen molar-refractivity contribution in [3.8, 4) is 0 Å². The molecule has 6 heteroatoms. The summed E-state index contributed by atoms with van der Waals surface area (Å²) in [7, 11) is 0. The number of anilines is 1. The molecule has 0 bridgehead atoms. The van der Waals surface area contributed by atoms with Crippen LogP contribution < -0.4 is 16.0 Å². The molecular formula is C26H33N3O2S. The monoisotopic (exact) mass is 451 g/mol. The number of thiophene rings is 1. The molecule has 2 aliphatic rings. The minimum atomic E-state index is -0.586. The molecule has 170 valence electrons. The molecule has 1 aromatic heterocycles. The Hall–Kier alpha value is -2.44. The number of amides is 2. The molecule has 0 spiro atoms. The topological polar surface area (TPSA) is 75.4 Å². The Morgan fingerprint density at radius 2 is 1.97 bits per heavy atom. The SMILES string of the molecule is NC(Cc1cccs1)C(=O)NC(C=CC(=O)N1CCc2ccccc21)CC1CCCCC1. The fourth-order valence-corrected chi connectivity index (χ4v) is 5.62. The lowest BCUT2D eigenvalue weighted by molar-refractivity contribution is -0.123. The minimum Gasteiger partial charge on any atom is -0.349 e. The van der Waals surface area contributed by atoms with Crippen LogP contribution in [0.4, 0.5) is 5.69 Å². The predicted molar refractivity (Wildman–Crippen MR) is 131 cm³/mol. The van der Waals surface area contributed by atoms with E-state index in [1.807, 2.05) is 46.7 Å². The van der Waals surface area contributed by atoms with Gasteiger partial charge in [-0.25, -0.2) is 0 Å². The van der Waals surface area contributed by atoms with Gasteiger partial charge in [0.25, 0.3) is 5.91 Å². The molecule has 2 unspecified atom stereocenters. The highest BCUT2D eigenvalue weighted by atomic mass is 32.1. The van der Waals surface area contributed by atoms with Crippen LogP contribution in [-0.2, 0) is 22.4 Å². The van der Waals surface area contributed by atoms with E-state index < -0.39 is 6.04 Å². The van der Waals surface area contributed by atoms with E-state index in [0.717, 1.165) is 23.4 Å². The summed E-state index contributed by atoms with van der Waals surface area (Å²) >= 11 is 1.61. The first-order valence-corrected chi connectivity index (χ1v) is 12.6. The molecule has 1 fully saturated rings. The zero-order chi connectivity index (χ0) is 22.3. The van der Waals surface area contributed by atoms with Crippen LogP contribution >= 0.6 is 11.3 Å². The molecule has 2 amide bonds. The summed E-state index contributed by atoms with van der Waals surface area (Å²) in [6.45, 7) is 0.702. The highest BCUT2D eigenvalue weighted by Crippen LogP contribution is 2.29. The number of nitrogens with zero attached hydrogens (tertiary/aromatic N) is 1. The molecule has 0 radical (unpaired) electrons. The summed E-state index contributed by atoms with van der Waals surface area (Å²) in [5.41, 5.74) is 8.40. The molecule has 5 nitrogen and oxygen atoms in total. The van der Waals surface area contributed by atoms with Crippen LogP contribution in [-0.4, -0.2) is 30.4 Å². The Labute approximate surface area is 194 Å². The lowest BCUT2D eigenvalue weighted by atomic mass is 9.84. The first-order valence-electron chi connectivity index (χ1n) is 11.8. The third kappa shape index (κ3) is 5.87. The smallest absolute Gasteiger partial charge is 0.250 e. The molecule has 1 aromatic carbocycles. The molecule has 1 aliphatic heterocycles. The van der Waals surface area contributed by atoms with Crippen LogP contribution in [0.5, 0.6) is 0 Å². The van der Waals surface area contributed by atoms with Gasteiger partial charge in [-0.1, -0.05) is 62.4 Å². The van der Waals surface area contributed by atoms with Crippen molar-refractivity contribution < 1.29 is 9.59 Å². The number of carbonyl (C=O) groups excluding carboxylic acids is 2. The molecule has 4 rings (SSSR count). The van der Waals surface area contributed by atoms with Crippen LogP contribution in [0, 0.1) is 5.92 Å². The van der Waals surface area contributed by atoms with E-state index in [1.54, 1.807) is 17.4 Å². The number of nitrogens with two attached hydrogens (primary N) is 1. The zero-order valence-electron chi connectivity index (χ0n) is 18.5. The van der Waals surface area contributed by atoms with Crippen molar-refractivity contribution >= 4 is 28.8 Å².